The summed E-state index contributed by atoms with van der Waals surface area (Å²) >= 11 is 0. The van der Waals surface area contributed by atoms with Gasteiger partial charge in [-0.2, -0.15) is 0 Å². The molecule has 7 nitrogen and oxygen atoms in total. The summed E-state index contributed by atoms with van der Waals surface area (Å²) in [6.45, 7) is 3.09. The standard InChI is InChI=1S/C22H29N3O4/c1-26-18-13-16-17(14-19(18)27-2)23-20(15-5-3-4-6-15)24-21(16)25-9-7-22(8-10-25)28-11-12-29-22/h13-15H,3-12H2,1-2H3. The van der Waals surface area contributed by atoms with Crippen molar-refractivity contribution >= 4 is 16.7 Å². The molecule has 1 aromatic heterocycles. The zero-order valence-electron chi connectivity index (χ0n) is 17.3. The third-order valence-electron chi connectivity index (χ3n) is 6.56. The van der Waals surface area contributed by atoms with Crippen molar-refractivity contribution in [2.75, 3.05) is 45.4 Å². The van der Waals surface area contributed by atoms with Gasteiger partial charge in [-0.25, -0.2) is 9.97 Å². The average molecular weight is 399 g/mol. The third kappa shape index (κ3) is 3.40. The van der Waals surface area contributed by atoms with Crippen molar-refractivity contribution in [2.24, 2.45) is 0 Å². The molecule has 3 aliphatic rings. The normalized spacial score (nSPS) is 21.9. The molecule has 0 atom stereocenters. The maximum atomic E-state index is 5.91. The first-order chi connectivity index (χ1) is 14.2. The van der Waals surface area contributed by atoms with Crippen LogP contribution in [0.15, 0.2) is 12.1 Å². The van der Waals surface area contributed by atoms with Gasteiger partial charge in [-0.15, -0.1) is 0 Å². The SMILES string of the molecule is COc1cc2nc(C3CCCC3)nc(N3CCC4(CC3)OCCO4)c2cc1OC. The lowest BCUT2D eigenvalue weighted by Crippen LogP contribution is -2.45. The van der Waals surface area contributed by atoms with Crippen LogP contribution in [0.3, 0.4) is 0 Å². The quantitative estimate of drug-likeness (QED) is 0.777. The van der Waals surface area contributed by atoms with Crippen LogP contribution in [-0.2, 0) is 9.47 Å². The van der Waals surface area contributed by atoms with E-state index in [9.17, 15) is 0 Å². The second-order valence-corrected chi connectivity index (χ2v) is 8.21. The van der Waals surface area contributed by atoms with Crippen LogP contribution in [0.25, 0.3) is 10.9 Å². The second kappa shape index (κ2) is 7.61. The van der Waals surface area contributed by atoms with E-state index < -0.39 is 5.79 Å². The molecule has 156 valence electrons. The fourth-order valence-corrected chi connectivity index (χ4v) is 4.91. The van der Waals surface area contributed by atoms with Gasteiger partial charge in [0.05, 0.1) is 33.0 Å². The summed E-state index contributed by atoms with van der Waals surface area (Å²) in [6, 6.07) is 3.99. The van der Waals surface area contributed by atoms with E-state index in [1.165, 1.54) is 25.7 Å². The van der Waals surface area contributed by atoms with Crippen LogP contribution in [0.1, 0.15) is 50.3 Å². The number of hydrogen-bond acceptors (Lipinski definition) is 7. The van der Waals surface area contributed by atoms with Gasteiger partial charge in [0.25, 0.3) is 0 Å². The number of rotatable bonds is 4. The Bertz CT molecular complexity index is 881. The molecule has 7 heteroatoms. The van der Waals surface area contributed by atoms with E-state index in [2.05, 4.69) is 4.90 Å². The van der Waals surface area contributed by atoms with Crippen LogP contribution in [0.4, 0.5) is 5.82 Å². The number of fused-ring (bicyclic) bond motifs is 1. The monoisotopic (exact) mass is 399 g/mol. The van der Waals surface area contributed by atoms with Gasteiger partial charge in [-0.1, -0.05) is 12.8 Å². The largest absolute Gasteiger partial charge is 0.493 e. The Balaban J connectivity index is 1.56. The van der Waals surface area contributed by atoms with Gasteiger partial charge in [0.15, 0.2) is 17.3 Å². The van der Waals surface area contributed by atoms with E-state index in [0.717, 1.165) is 48.5 Å². The lowest BCUT2D eigenvalue weighted by atomic mass is 10.0. The molecule has 1 aliphatic carbocycles. The van der Waals surface area contributed by atoms with Crippen LogP contribution >= 0.6 is 0 Å². The molecule has 0 radical (unpaired) electrons. The van der Waals surface area contributed by atoms with Crippen LogP contribution in [-0.4, -0.2) is 56.3 Å². The molecule has 0 amide bonds. The summed E-state index contributed by atoms with van der Waals surface area (Å²) < 4.78 is 22.9. The Morgan fingerprint density at radius 3 is 2.28 bits per heavy atom. The van der Waals surface area contributed by atoms with E-state index in [0.29, 0.717) is 30.6 Å². The summed E-state index contributed by atoms with van der Waals surface area (Å²) in [5.74, 6) is 3.41. The Kier molecular flexibility index (Phi) is 4.95. The van der Waals surface area contributed by atoms with Crippen molar-refractivity contribution < 1.29 is 18.9 Å². The minimum atomic E-state index is -0.394. The fourth-order valence-electron chi connectivity index (χ4n) is 4.91. The number of ether oxygens (including phenoxy) is 4. The Labute approximate surface area is 171 Å². The predicted octanol–water partition coefficient (Wildman–Crippen LogP) is 3.65. The van der Waals surface area contributed by atoms with E-state index >= 15 is 0 Å². The Morgan fingerprint density at radius 1 is 0.966 bits per heavy atom. The molecule has 2 saturated heterocycles. The molecule has 29 heavy (non-hydrogen) atoms. The van der Waals surface area contributed by atoms with Gasteiger partial charge < -0.3 is 23.8 Å². The lowest BCUT2D eigenvalue weighted by Gasteiger charge is -2.38. The summed E-state index contributed by atoms with van der Waals surface area (Å²) in [4.78, 5) is 12.4. The Morgan fingerprint density at radius 2 is 1.62 bits per heavy atom. The molecule has 2 aliphatic heterocycles. The summed E-state index contributed by atoms with van der Waals surface area (Å²) in [7, 11) is 3.33. The molecule has 0 N–H and O–H groups in total. The number of anilines is 1. The molecule has 3 fully saturated rings. The first-order valence-corrected chi connectivity index (χ1v) is 10.7. The van der Waals surface area contributed by atoms with Crippen LogP contribution in [0.5, 0.6) is 11.5 Å². The van der Waals surface area contributed by atoms with Gasteiger partial charge >= 0.3 is 0 Å². The van der Waals surface area contributed by atoms with Crippen molar-refractivity contribution in [1.29, 1.82) is 0 Å². The van der Waals surface area contributed by atoms with Crippen molar-refractivity contribution in [3.05, 3.63) is 18.0 Å². The molecule has 2 aromatic rings. The van der Waals surface area contributed by atoms with Gasteiger partial charge in [0, 0.05) is 43.3 Å². The minimum Gasteiger partial charge on any atom is -0.493 e. The topological polar surface area (TPSA) is 65.9 Å². The number of benzene rings is 1. The second-order valence-electron chi connectivity index (χ2n) is 8.21. The van der Waals surface area contributed by atoms with Crippen molar-refractivity contribution in [3.63, 3.8) is 0 Å². The number of nitrogens with zero attached hydrogens (tertiary/aromatic N) is 3. The summed E-state index contributed by atoms with van der Waals surface area (Å²) in [6.07, 6.45) is 6.56. The number of hydrogen-bond donors (Lipinski definition) is 0. The molecule has 0 unspecified atom stereocenters. The van der Waals surface area contributed by atoms with Gasteiger partial charge in [-0.05, 0) is 18.9 Å². The van der Waals surface area contributed by atoms with Crippen molar-refractivity contribution in [3.8, 4) is 11.5 Å². The van der Waals surface area contributed by atoms with E-state index in [-0.39, 0.29) is 0 Å². The highest BCUT2D eigenvalue weighted by molar-refractivity contribution is 5.92. The van der Waals surface area contributed by atoms with Gasteiger partial charge in [0.1, 0.15) is 11.6 Å². The molecule has 1 saturated carbocycles. The highest BCUT2D eigenvalue weighted by Crippen LogP contribution is 2.40. The van der Waals surface area contributed by atoms with Crippen LogP contribution in [0.2, 0.25) is 0 Å². The van der Waals surface area contributed by atoms with Crippen LogP contribution in [0, 0.1) is 0 Å². The summed E-state index contributed by atoms with van der Waals surface area (Å²) in [5.41, 5.74) is 0.920. The Hall–Kier alpha value is -2.12. The first kappa shape index (κ1) is 18.9. The van der Waals surface area contributed by atoms with Gasteiger partial charge in [0.2, 0.25) is 0 Å². The maximum absolute atomic E-state index is 5.91. The zero-order chi connectivity index (χ0) is 19.8. The van der Waals surface area contributed by atoms with Crippen molar-refractivity contribution in [2.45, 2.75) is 50.2 Å². The average Bonchev–Trinajstić information content (AvgIpc) is 3.45. The predicted molar refractivity (Wildman–Crippen MR) is 110 cm³/mol. The number of aromatic nitrogens is 2. The molecule has 5 rings (SSSR count). The fraction of sp³-hybridized carbons (Fsp3) is 0.636. The number of piperidine rings is 1. The summed E-state index contributed by atoms with van der Waals surface area (Å²) in [5, 5.41) is 1.01. The van der Waals surface area contributed by atoms with Crippen molar-refractivity contribution in [1.82, 2.24) is 9.97 Å². The highest BCUT2D eigenvalue weighted by Gasteiger charge is 2.40. The van der Waals surface area contributed by atoms with E-state index in [4.69, 9.17) is 28.9 Å². The zero-order valence-corrected chi connectivity index (χ0v) is 17.3. The van der Waals surface area contributed by atoms with Crippen LogP contribution < -0.4 is 14.4 Å². The molecular weight excluding hydrogens is 370 g/mol. The smallest absolute Gasteiger partial charge is 0.171 e. The highest BCUT2D eigenvalue weighted by atomic mass is 16.7. The maximum Gasteiger partial charge on any atom is 0.171 e. The van der Waals surface area contributed by atoms with E-state index in [1.54, 1.807) is 14.2 Å². The molecule has 1 aromatic carbocycles. The number of methoxy groups -OCH3 is 2. The third-order valence-corrected chi connectivity index (χ3v) is 6.56. The molecule has 3 heterocycles. The lowest BCUT2D eigenvalue weighted by molar-refractivity contribution is -0.169. The molecular formula is C22H29N3O4. The first-order valence-electron chi connectivity index (χ1n) is 10.7. The van der Waals surface area contributed by atoms with E-state index in [1.807, 2.05) is 12.1 Å². The molecule has 1 spiro atoms. The van der Waals surface area contributed by atoms with Gasteiger partial charge in [-0.3, -0.25) is 0 Å². The minimum absolute atomic E-state index is 0.394. The molecule has 0 bridgehead atoms.